The molecule has 0 N–H and O–H groups in total. The Labute approximate surface area is 207 Å². The molecule has 2 saturated heterocycles. The highest BCUT2D eigenvalue weighted by molar-refractivity contribution is 6.30. The van der Waals surface area contributed by atoms with E-state index in [1.807, 2.05) is 12.1 Å². The summed E-state index contributed by atoms with van der Waals surface area (Å²) in [6.07, 6.45) is 4.22. The van der Waals surface area contributed by atoms with Crippen LogP contribution < -0.4 is 4.90 Å². The van der Waals surface area contributed by atoms with Crippen molar-refractivity contribution >= 4 is 34.1 Å². The lowest BCUT2D eigenvalue weighted by Gasteiger charge is -2.39. The molecule has 6 heteroatoms. The van der Waals surface area contributed by atoms with Gasteiger partial charge in [0.25, 0.3) is 0 Å². The number of aromatic nitrogens is 1. The molecule has 34 heavy (non-hydrogen) atoms. The van der Waals surface area contributed by atoms with Crippen LogP contribution in [0.5, 0.6) is 0 Å². The number of carbonyl (C=O) groups excluding carboxylic acids is 1. The molecule has 0 aliphatic carbocycles. The molecule has 0 radical (unpaired) electrons. The maximum absolute atomic E-state index is 13.3. The van der Waals surface area contributed by atoms with E-state index in [4.69, 9.17) is 11.6 Å². The number of benzene rings is 2. The van der Waals surface area contributed by atoms with E-state index in [-0.39, 0.29) is 5.92 Å². The van der Waals surface area contributed by atoms with Gasteiger partial charge in [-0.05, 0) is 69.1 Å². The normalized spacial score (nSPS) is 18.1. The summed E-state index contributed by atoms with van der Waals surface area (Å²) in [4.78, 5) is 20.2. The van der Waals surface area contributed by atoms with Gasteiger partial charge in [0.05, 0.1) is 0 Å². The summed E-state index contributed by atoms with van der Waals surface area (Å²) in [7, 11) is 0. The van der Waals surface area contributed by atoms with Crippen molar-refractivity contribution in [2.75, 3.05) is 44.2 Å². The topological polar surface area (TPSA) is 31.7 Å². The first kappa shape index (κ1) is 23.3. The molecule has 180 valence electrons. The van der Waals surface area contributed by atoms with Crippen LogP contribution in [-0.2, 0) is 17.9 Å². The predicted octanol–water partition coefficient (Wildman–Crippen LogP) is 5.18. The van der Waals surface area contributed by atoms with E-state index in [1.54, 1.807) is 0 Å². The zero-order valence-corrected chi connectivity index (χ0v) is 21.1. The number of likely N-dealkylation sites (tertiary alicyclic amines) is 1. The van der Waals surface area contributed by atoms with Crippen molar-refractivity contribution in [3.63, 3.8) is 0 Å². The first-order valence-corrected chi connectivity index (χ1v) is 13.0. The lowest BCUT2D eigenvalue weighted by atomic mass is 9.94. The van der Waals surface area contributed by atoms with Gasteiger partial charge in [-0.15, -0.1) is 0 Å². The molecule has 2 aliphatic rings. The highest BCUT2D eigenvalue weighted by Gasteiger charge is 2.31. The van der Waals surface area contributed by atoms with Crippen LogP contribution >= 0.6 is 11.6 Å². The second-order valence-corrected chi connectivity index (χ2v) is 10.2. The van der Waals surface area contributed by atoms with Gasteiger partial charge in [-0.2, -0.15) is 0 Å². The van der Waals surface area contributed by atoms with Crippen molar-refractivity contribution in [3.05, 3.63) is 64.8 Å². The molecular formula is C28H35ClN4O. The number of fused-ring (bicyclic) bond motifs is 1. The molecule has 2 aliphatic heterocycles. The second-order valence-electron chi connectivity index (χ2n) is 9.75. The molecule has 2 aromatic carbocycles. The fourth-order valence-electron chi connectivity index (χ4n) is 5.64. The van der Waals surface area contributed by atoms with Gasteiger partial charge in [-0.3, -0.25) is 9.69 Å². The second kappa shape index (κ2) is 10.0. The summed E-state index contributed by atoms with van der Waals surface area (Å²) < 4.78 is 2.34. The average Bonchev–Trinajstić information content (AvgIpc) is 3.23. The van der Waals surface area contributed by atoms with Gasteiger partial charge in [0.15, 0.2) is 0 Å². The van der Waals surface area contributed by atoms with Crippen LogP contribution in [0.3, 0.4) is 0 Å². The highest BCUT2D eigenvalue weighted by atomic mass is 35.5. The summed E-state index contributed by atoms with van der Waals surface area (Å²) >= 11 is 6.22. The minimum absolute atomic E-state index is 0.160. The lowest BCUT2D eigenvalue weighted by molar-refractivity contribution is -0.137. The number of rotatable bonds is 5. The van der Waals surface area contributed by atoms with E-state index in [1.165, 1.54) is 27.7 Å². The third-order valence-electron chi connectivity index (χ3n) is 7.65. The van der Waals surface area contributed by atoms with E-state index < -0.39 is 0 Å². The smallest absolute Gasteiger partial charge is 0.225 e. The summed E-state index contributed by atoms with van der Waals surface area (Å²) in [6, 6.07) is 14.7. The van der Waals surface area contributed by atoms with Gasteiger partial charge in [0, 0.05) is 73.0 Å². The summed E-state index contributed by atoms with van der Waals surface area (Å²) in [5.41, 5.74) is 5.14. The quantitative estimate of drug-likeness (QED) is 0.506. The zero-order valence-electron chi connectivity index (χ0n) is 20.3. The third-order valence-corrected chi connectivity index (χ3v) is 7.88. The largest absolute Gasteiger partial charge is 0.368 e. The molecule has 1 amide bonds. The van der Waals surface area contributed by atoms with Crippen LogP contribution in [0.4, 0.5) is 5.69 Å². The number of amides is 1. The SMILES string of the molecule is CCn1cc(CN2CCC(C(=O)N3CCN(c4cc(Cl)ccc4C)CC3)CC2)c2ccccc21. The molecule has 0 saturated carbocycles. The van der Waals surface area contributed by atoms with Crippen LogP contribution in [0.1, 0.15) is 30.9 Å². The summed E-state index contributed by atoms with van der Waals surface area (Å²) in [6.45, 7) is 11.6. The fraction of sp³-hybridized carbons (Fsp3) is 0.464. The Kier molecular flexibility index (Phi) is 6.84. The molecule has 5 rings (SSSR count). The third kappa shape index (κ3) is 4.69. The van der Waals surface area contributed by atoms with Crippen molar-refractivity contribution < 1.29 is 4.79 Å². The minimum atomic E-state index is 0.160. The monoisotopic (exact) mass is 478 g/mol. The Morgan fingerprint density at radius 3 is 2.47 bits per heavy atom. The first-order chi connectivity index (χ1) is 16.5. The Balaban J connectivity index is 1.14. The van der Waals surface area contributed by atoms with Crippen molar-refractivity contribution in [2.24, 2.45) is 5.92 Å². The van der Waals surface area contributed by atoms with Crippen LogP contribution in [0.2, 0.25) is 5.02 Å². The number of piperidine rings is 1. The van der Waals surface area contributed by atoms with Crippen molar-refractivity contribution in [1.29, 1.82) is 0 Å². The highest BCUT2D eigenvalue weighted by Crippen LogP contribution is 2.28. The van der Waals surface area contributed by atoms with Crippen molar-refractivity contribution in [2.45, 2.75) is 39.8 Å². The Morgan fingerprint density at radius 2 is 1.74 bits per heavy atom. The Bertz CT molecular complexity index is 1160. The van der Waals surface area contributed by atoms with Crippen LogP contribution in [0, 0.1) is 12.8 Å². The van der Waals surface area contributed by atoms with Crippen LogP contribution in [-0.4, -0.2) is 59.5 Å². The maximum Gasteiger partial charge on any atom is 0.225 e. The molecule has 0 atom stereocenters. The van der Waals surface area contributed by atoms with Crippen molar-refractivity contribution in [1.82, 2.24) is 14.4 Å². The number of carbonyl (C=O) groups is 1. The van der Waals surface area contributed by atoms with E-state index in [9.17, 15) is 4.79 Å². The van der Waals surface area contributed by atoms with Gasteiger partial charge in [0.2, 0.25) is 5.91 Å². The van der Waals surface area contributed by atoms with E-state index >= 15 is 0 Å². The molecule has 0 unspecified atom stereocenters. The van der Waals surface area contributed by atoms with Gasteiger partial charge in [-0.1, -0.05) is 35.9 Å². The fourth-order valence-corrected chi connectivity index (χ4v) is 5.80. The van der Waals surface area contributed by atoms with Crippen LogP contribution in [0.15, 0.2) is 48.7 Å². The number of anilines is 1. The van der Waals surface area contributed by atoms with Gasteiger partial charge in [0.1, 0.15) is 0 Å². The van der Waals surface area contributed by atoms with E-state index in [0.717, 1.165) is 70.2 Å². The minimum Gasteiger partial charge on any atom is -0.368 e. The number of hydrogen-bond acceptors (Lipinski definition) is 3. The zero-order chi connectivity index (χ0) is 23.7. The first-order valence-electron chi connectivity index (χ1n) is 12.6. The molecule has 0 spiro atoms. The molecular weight excluding hydrogens is 444 g/mol. The lowest BCUT2D eigenvalue weighted by Crippen LogP contribution is -2.51. The molecule has 0 bridgehead atoms. The standard InChI is InChI=1S/C28H35ClN4O/c1-3-31-20-23(25-6-4-5-7-26(25)31)19-30-12-10-22(11-13-30)28(34)33-16-14-32(15-17-33)27-18-24(29)9-8-21(27)2/h4-9,18,20,22H,3,10-17,19H2,1-2H3. The average molecular weight is 479 g/mol. The number of para-hydroxylation sites is 1. The van der Waals surface area contributed by atoms with Crippen LogP contribution in [0.25, 0.3) is 10.9 Å². The maximum atomic E-state index is 13.3. The summed E-state index contributed by atoms with van der Waals surface area (Å²) in [5, 5.41) is 2.13. The molecule has 1 aromatic heterocycles. The van der Waals surface area contributed by atoms with Gasteiger partial charge >= 0.3 is 0 Å². The van der Waals surface area contributed by atoms with E-state index in [2.05, 4.69) is 69.6 Å². The number of aryl methyl sites for hydroxylation is 2. The van der Waals surface area contributed by atoms with Crippen molar-refractivity contribution in [3.8, 4) is 0 Å². The number of halogens is 1. The number of nitrogens with zero attached hydrogens (tertiary/aromatic N) is 4. The van der Waals surface area contributed by atoms with Gasteiger partial charge in [-0.25, -0.2) is 0 Å². The number of hydrogen-bond donors (Lipinski definition) is 0. The Hall–Kier alpha value is -2.50. The number of piperazine rings is 1. The van der Waals surface area contributed by atoms with Gasteiger partial charge < -0.3 is 14.4 Å². The molecule has 5 nitrogen and oxygen atoms in total. The Morgan fingerprint density at radius 1 is 1.00 bits per heavy atom. The predicted molar refractivity (Wildman–Crippen MR) is 141 cm³/mol. The van der Waals surface area contributed by atoms with E-state index in [0.29, 0.717) is 5.91 Å². The molecule has 2 fully saturated rings. The summed E-state index contributed by atoms with van der Waals surface area (Å²) in [5.74, 6) is 0.511. The molecule has 3 heterocycles. The molecule has 3 aromatic rings.